The summed E-state index contributed by atoms with van der Waals surface area (Å²) in [6, 6.07) is 15.8. The molecule has 2 aromatic carbocycles. The molecule has 0 spiro atoms. The number of likely N-dealkylation sites (tertiary alicyclic amines) is 1. The van der Waals surface area contributed by atoms with E-state index < -0.39 is 5.97 Å². The van der Waals surface area contributed by atoms with Crippen molar-refractivity contribution in [2.24, 2.45) is 5.92 Å². The van der Waals surface area contributed by atoms with Gasteiger partial charge >= 0.3 is 5.97 Å². The van der Waals surface area contributed by atoms with Gasteiger partial charge in [-0.2, -0.15) is 0 Å². The first-order valence-electron chi connectivity index (χ1n) is 8.99. The van der Waals surface area contributed by atoms with Crippen molar-refractivity contribution >= 4 is 23.5 Å². The molecule has 1 aliphatic rings. The van der Waals surface area contributed by atoms with Crippen LogP contribution in [0.1, 0.15) is 28.8 Å². The summed E-state index contributed by atoms with van der Waals surface area (Å²) in [5.74, 6) is -1.17. The van der Waals surface area contributed by atoms with E-state index >= 15 is 0 Å². The summed E-state index contributed by atoms with van der Waals surface area (Å²) in [5, 5.41) is 12.0. The SMILES string of the molecule is O=C(O)c1cccc(CC(=O)N2CCC(C(=O)Nc3ccccc3)CC2)c1. The summed E-state index contributed by atoms with van der Waals surface area (Å²) in [4.78, 5) is 37.6. The van der Waals surface area contributed by atoms with E-state index in [1.807, 2.05) is 30.3 Å². The largest absolute Gasteiger partial charge is 0.478 e. The van der Waals surface area contributed by atoms with E-state index in [1.165, 1.54) is 12.1 Å². The highest BCUT2D eigenvalue weighted by atomic mass is 16.4. The van der Waals surface area contributed by atoms with Crippen LogP contribution in [0, 0.1) is 5.92 Å². The van der Waals surface area contributed by atoms with Crippen molar-refractivity contribution in [3.8, 4) is 0 Å². The summed E-state index contributed by atoms with van der Waals surface area (Å²) in [6.45, 7) is 1.06. The van der Waals surface area contributed by atoms with Crippen molar-refractivity contribution < 1.29 is 19.5 Å². The number of piperidine rings is 1. The summed E-state index contributed by atoms with van der Waals surface area (Å²) in [5.41, 5.74) is 1.64. The van der Waals surface area contributed by atoms with Gasteiger partial charge in [0, 0.05) is 24.7 Å². The molecule has 0 aliphatic carbocycles. The number of carbonyl (C=O) groups is 3. The molecule has 140 valence electrons. The molecule has 2 N–H and O–H groups in total. The Morgan fingerprint density at radius 3 is 2.37 bits per heavy atom. The van der Waals surface area contributed by atoms with Crippen molar-refractivity contribution in [3.05, 3.63) is 65.7 Å². The Hall–Kier alpha value is -3.15. The number of anilines is 1. The molecule has 0 saturated carbocycles. The third kappa shape index (κ3) is 4.94. The zero-order valence-electron chi connectivity index (χ0n) is 14.9. The second-order valence-corrected chi connectivity index (χ2v) is 6.69. The number of nitrogens with one attached hydrogen (secondary N) is 1. The molecule has 0 radical (unpaired) electrons. The number of carboxylic acids is 1. The lowest BCUT2D eigenvalue weighted by Crippen LogP contribution is -2.42. The molecule has 27 heavy (non-hydrogen) atoms. The third-order valence-electron chi connectivity index (χ3n) is 4.79. The van der Waals surface area contributed by atoms with E-state index in [9.17, 15) is 14.4 Å². The summed E-state index contributed by atoms with van der Waals surface area (Å²) in [7, 11) is 0. The first-order valence-corrected chi connectivity index (χ1v) is 8.99. The zero-order valence-corrected chi connectivity index (χ0v) is 14.9. The molecule has 3 rings (SSSR count). The summed E-state index contributed by atoms with van der Waals surface area (Å²) in [6.07, 6.45) is 1.42. The molecule has 2 amide bonds. The van der Waals surface area contributed by atoms with Gasteiger partial charge < -0.3 is 15.3 Å². The monoisotopic (exact) mass is 366 g/mol. The van der Waals surface area contributed by atoms with Crippen molar-refractivity contribution in [1.82, 2.24) is 4.90 Å². The van der Waals surface area contributed by atoms with E-state index in [1.54, 1.807) is 17.0 Å². The van der Waals surface area contributed by atoms with Crippen LogP contribution in [0.15, 0.2) is 54.6 Å². The molecule has 1 saturated heterocycles. The van der Waals surface area contributed by atoms with Crippen LogP contribution in [0.2, 0.25) is 0 Å². The molecule has 6 nitrogen and oxygen atoms in total. The number of rotatable bonds is 5. The Bertz CT molecular complexity index is 827. The van der Waals surface area contributed by atoms with Crippen LogP contribution >= 0.6 is 0 Å². The molecule has 0 unspecified atom stereocenters. The van der Waals surface area contributed by atoms with Crippen molar-refractivity contribution in [3.63, 3.8) is 0 Å². The number of carbonyl (C=O) groups excluding carboxylic acids is 2. The Kier molecular flexibility index (Phi) is 5.86. The normalized spacial score (nSPS) is 14.6. The van der Waals surface area contributed by atoms with Crippen molar-refractivity contribution in [2.75, 3.05) is 18.4 Å². The molecule has 6 heteroatoms. The van der Waals surface area contributed by atoms with E-state index in [0.717, 1.165) is 5.69 Å². The Morgan fingerprint density at radius 1 is 1.00 bits per heavy atom. The molecule has 1 fully saturated rings. The van der Waals surface area contributed by atoms with E-state index in [-0.39, 0.29) is 29.7 Å². The van der Waals surface area contributed by atoms with Crippen LogP contribution in [0.4, 0.5) is 5.69 Å². The molecule has 0 atom stereocenters. The number of amides is 2. The van der Waals surface area contributed by atoms with Gasteiger partial charge in [0.2, 0.25) is 11.8 Å². The van der Waals surface area contributed by atoms with Crippen LogP contribution < -0.4 is 5.32 Å². The summed E-state index contributed by atoms with van der Waals surface area (Å²) < 4.78 is 0. The molecule has 1 aliphatic heterocycles. The maximum atomic E-state index is 12.5. The first kappa shape index (κ1) is 18.6. The second kappa shape index (κ2) is 8.49. The van der Waals surface area contributed by atoms with Gasteiger partial charge in [0.15, 0.2) is 0 Å². The fourth-order valence-electron chi connectivity index (χ4n) is 3.26. The lowest BCUT2D eigenvalue weighted by Gasteiger charge is -2.31. The molecular weight excluding hydrogens is 344 g/mol. The van der Waals surface area contributed by atoms with Gasteiger partial charge in [-0.05, 0) is 42.7 Å². The van der Waals surface area contributed by atoms with Crippen LogP contribution in [0.25, 0.3) is 0 Å². The minimum atomic E-state index is -1.01. The summed E-state index contributed by atoms with van der Waals surface area (Å²) >= 11 is 0. The predicted octanol–water partition coefficient (Wildman–Crippen LogP) is 2.80. The van der Waals surface area contributed by atoms with E-state index in [2.05, 4.69) is 5.32 Å². The number of para-hydroxylation sites is 1. The van der Waals surface area contributed by atoms with Gasteiger partial charge in [-0.25, -0.2) is 4.79 Å². The highest BCUT2D eigenvalue weighted by molar-refractivity contribution is 5.92. The second-order valence-electron chi connectivity index (χ2n) is 6.69. The van der Waals surface area contributed by atoms with Crippen LogP contribution in [0.3, 0.4) is 0 Å². The molecule has 0 aromatic heterocycles. The standard InChI is InChI=1S/C21H22N2O4/c24-19(14-15-5-4-6-17(13-15)21(26)27)23-11-9-16(10-12-23)20(25)22-18-7-2-1-3-8-18/h1-8,13,16H,9-12,14H2,(H,22,25)(H,26,27). The fourth-order valence-corrected chi connectivity index (χ4v) is 3.26. The van der Waals surface area contributed by atoms with Gasteiger partial charge in [-0.3, -0.25) is 9.59 Å². The van der Waals surface area contributed by atoms with Gasteiger partial charge in [0.25, 0.3) is 0 Å². The zero-order chi connectivity index (χ0) is 19.2. The van der Waals surface area contributed by atoms with Gasteiger partial charge in [0.1, 0.15) is 0 Å². The predicted molar refractivity (Wildman–Crippen MR) is 101 cm³/mol. The number of nitrogens with zero attached hydrogens (tertiary/aromatic N) is 1. The maximum Gasteiger partial charge on any atom is 0.335 e. The first-order chi connectivity index (χ1) is 13.0. The Balaban J connectivity index is 1.51. The average molecular weight is 366 g/mol. The van der Waals surface area contributed by atoms with E-state index in [0.29, 0.717) is 31.5 Å². The highest BCUT2D eigenvalue weighted by Crippen LogP contribution is 2.20. The Labute approximate surface area is 157 Å². The molecular formula is C21H22N2O4. The van der Waals surface area contributed by atoms with Gasteiger partial charge in [0.05, 0.1) is 12.0 Å². The topological polar surface area (TPSA) is 86.7 Å². The fraction of sp³-hybridized carbons (Fsp3) is 0.286. The van der Waals surface area contributed by atoms with Crippen LogP contribution in [0.5, 0.6) is 0 Å². The smallest absolute Gasteiger partial charge is 0.335 e. The van der Waals surface area contributed by atoms with Crippen LogP contribution in [-0.4, -0.2) is 40.9 Å². The number of benzene rings is 2. The maximum absolute atomic E-state index is 12.5. The van der Waals surface area contributed by atoms with Crippen molar-refractivity contribution in [2.45, 2.75) is 19.3 Å². The quantitative estimate of drug-likeness (QED) is 0.852. The van der Waals surface area contributed by atoms with E-state index in [4.69, 9.17) is 5.11 Å². The number of hydrogen-bond acceptors (Lipinski definition) is 3. The number of aromatic carboxylic acids is 1. The minimum Gasteiger partial charge on any atom is -0.478 e. The molecule has 2 aromatic rings. The number of hydrogen-bond donors (Lipinski definition) is 2. The average Bonchev–Trinajstić information content (AvgIpc) is 2.69. The van der Waals surface area contributed by atoms with Gasteiger partial charge in [-0.15, -0.1) is 0 Å². The lowest BCUT2D eigenvalue weighted by molar-refractivity contribution is -0.133. The Morgan fingerprint density at radius 2 is 1.70 bits per heavy atom. The lowest BCUT2D eigenvalue weighted by atomic mass is 9.95. The van der Waals surface area contributed by atoms with Crippen LogP contribution in [-0.2, 0) is 16.0 Å². The molecule has 1 heterocycles. The van der Waals surface area contributed by atoms with Crippen molar-refractivity contribution in [1.29, 1.82) is 0 Å². The molecule has 0 bridgehead atoms. The number of carboxylic acid groups (broad SMARTS) is 1. The highest BCUT2D eigenvalue weighted by Gasteiger charge is 2.27. The van der Waals surface area contributed by atoms with Gasteiger partial charge in [-0.1, -0.05) is 30.3 Å². The minimum absolute atomic E-state index is 0.0116. The third-order valence-corrected chi connectivity index (χ3v) is 4.79.